The Morgan fingerprint density at radius 1 is 1.11 bits per heavy atom. The number of carbonyl (C=O) groups excluding carboxylic acids is 2. The molecule has 194 valence electrons. The van der Waals surface area contributed by atoms with Crippen LogP contribution in [0.4, 0.5) is 0 Å². The fourth-order valence-electron chi connectivity index (χ4n) is 4.30. The zero-order chi connectivity index (χ0) is 26.5. The number of rotatable bonds is 9. The summed E-state index contributed by atoms with van der Waals surface area (Å²) in [6.07, 6.45) is 0.156. The molecule has 37 heavy (non-hydrogen) atoms. The van der Waals surface area contributed by atoms with Gasteiger partial charge in [0.25, 0.3) is 0 Å². The van der Waals surface area contributed by atoms with E-state index in [4.69, 9.17) is 14.2 Å². The molecule has 1 atom stereocenters. The molecule has 2 aliphatic heterocycles. The third kappa shape index (κ3) is 5.83. The lowest BCUT2D eigenvalue weighted by Crippen LogP contribution is -2.38. The van der Waals surface area contributed by atoms with Crippen LogP contribution in [0.2, 0.25) is 0 Å². The molecule has 0 saturated heterocycles. The lowest BCUT2D eigenvalue weighted by molar-refractivity contribution is -0.136. The molecule has 1 N–H and O–H groups in total. The first-order valence-corrected chi connectivity index (χ1v) is 12.9. The van der Waals surface area contributed by atoms with Crippen LogP contribution in [0.5, 0.6) is 11.5 Å². The lowest BCUT2D eigenvalue weighted by atomic mass is 9.93. The third-order valence-corrected chi connectivity index (χ3v) is 6.83. The maximum atomic E-state index is 13.0. The maximum absolute atomic E-state index is 13.0. The number of ether oxygens (including phenoxy) is 3. The molecule has 4 rings (SSSR count). The Balaban J connectivity index is 1.70. The van der Waals surface area contributed by atoms with E-state index in [2.05, 4.69) is 10.3 Å². The number of benzene rings is 2. The number of fused-ring (bicyclic) bond motifs is 1. The second-order valence-corrected chi connectivity index (χ2v) is 9.80. The monoisotopic (exact) mass is 521 g/mol. The Labute approximate surface area is 221 Å². The summed E-state index contributed by atoms with van der Waals surface area (Å²) in [6, 6.07) is 14.9. The summed E-state index contributed by atoms with van der Waals surface area (Å²) in [5, 5.41) is 5.54. The van der Waals surface area contributed by atoms with Gasteiger partial charge in [0, 0.05) is 11.7 Å². The van der Waals surface area contributed by atoms with Gasteiger partial charge in [-0.3, -0.25) is 4.79 Å². The molecule has 2 aliphatic rings. The number of hydrogen-bond acceptors (Lipinski definition) is 8. The standard InChI is InChI=1S/C28H31N3O5S/c1-17(2)29-24(32)14-21-16-37-28-30-18(3)25(27(33)35-5)26(31(21)28)20-11-12-22(23(13-20)34-4)36-15-19-9-7-6-8-10-19/h6-13,16-17,26H,14-15H2,1-5H3,(H,29,32). The van der Waals surface area contributed by atoms with Gasteiger partial charge in [-0.2, -0.15) is 0 Å². The highest BCUT2D eigenvalue weighted by Gasteiger charge is 2.41. The molecule has 0 fully saturated rings. The van der Waals surface area contributed by atoms with Crippen LogP contribution in [-0.4, -0.2) is 42.2 Å². The number of allylic oxidation sites excluding steroid dienone is 1. The van der Waals surface area contributed by atoms with Crippen molar-refractivity contribution in [2.24, 2.45) is 4.99 Å². The molecule has 0 saturated carbocycles. The average molecular weight is 522 g/mol. The van der Waals surface area contributed by atoms with Gasteiger partial charge >= 0.3 is 5.97 Å². The maximum Gasteiger partial charge on any atom is 0.338 e. The number of amides is 1. The number of nitrogens with one attached hydrogen (secondary N) is 1. The van der Waals surface area contributed by atoms with Crippen LogP contribution in [0.25, 0.3) is 0 Å². The topological polar surface area (TPSA) is 89.5 Å². The van der Waals surface area contributed by atoms with Crippen LogP contribution in [0.15, 0.2) is 75.9 Å². The second kappa shape index (κ2) is 11.6. The van der Waals surface area contributed by atoms with Crippen molar-refractivity contribution in [2.75, 3.05) is 14.2 Å². The van der Waals surface area contributed by atoms with Gasteiger partial charge in [-0.25, -0.2) is 9.79 Å². The minimum absolute atomic E-state index is 0.0212. The normalized spacial score (nSPS) is 16.7. The first-order valence-electron chi connectivity index (χ1n) is 12.0. The Bertz CT molecular complexity index is 1270. The summed E-state index contributed by atoms with van der Waals surface area (Å²) in [5.74, 6) is 0.545. The summed E-state index contributed by atoms with van der Waals surface area (Å²) < 4.78 is 16.8. The number of nitrogens with zero attached hydrogens (tertiary/aromatic N) is 2. The molecule has 9 heteroatoms. The van der Waals surface area contributed by atoms with Crippen molar-refractivity contribution in [3.8, 4) is 11.5 Å². The molecule has 2 aromatic rings. The number of methoxy groups -OCH3 is 2. The van der Waals surface area contributed by atoms with E-state index in [9.17, 15) is 9.59 Å². The smallest absolute Gasteiger partial charge is 0.338 e. The number of thioether (sulfide) groups is 1. The van der Waals surface area contributed by atoms with Crippen LogP contribution in [-0.2, 0) is 20.9 Å². The van der Waals surface area contributed by atoms with Crippen molar-refractivity contribution in [1.82, 2.24) is 10.2 Å². The number of amidine groups is 1. The Morgan fingerprint density at radius 3 is 2.54 bits per heavy atom. The molecule has 2 heterocycles. The predicted octanol–water partition coefficient (Wildman–Crippen LogP) is 4.94. The van der Waals surface area contributed by atoms with Gasteiger partial charge in [0.15, 0.2) is 16.7 Å². The van der Waals surface area contributed by atoms with E-state index < -0.39 is 12.0 Å². The lowest BCUT2D eigenvalue weighted by Gasteiger charge is -2.36. The predicted molar refractivity (Wildman–Crippen MR) is 144 cm³/mol. The quantitative estimate of drug-likeness (QED) is 0.468. The molecular weight excluding hydrogens is 490 g/mol. The third-order valence-electron chi connectivity index (χ3n) is 5.94. The fourth-order valence-corrected chi connectivity index (χ4v) is 5.27. The fraction of sp³-hybridized carbons (Fsp3) is 0.321. The van der Waals surface area contributed by atoms with E-state index in [1.165, 1.54) is 18.9 Å². The molecule has 0 aromatic heterocycles. The van der Waals surface area contributed by atoms with Crippen LogP contribution in [0, 0.1) is 0 Å². The van der Waals surface area contributed by atoms with Crippen LogP contribution < -0.4 is 14.8 Å². The summed E-state index contributed by atoms with van der Waals surface area (Å²) in [5.41, 5.74) is 3.55. The second-order valence-electron chi connectivity index (χ2n) is 8.97. The van der Waals surface area contributed by atoms with Crippen LogP contribution in [0.3, 0.4) is 0 Å². The van der Waals surface area contributed by atoms with Crippen molar-refractivity contribution in [2.45, 2.75) is 45.9 Å². The van der Waals surface area contributed by atoms with Crippen molar-refractivity contribution in [1.29, 1.82) is 0 Å². The van der Waals surface area contributed by atoms with Crippen LogP contribution >= 0.6 is 11.8 Å². The highest BCUT2D eigenvalue weighted by Crippen LogP contribution is 2.46. The Kier molecular flexibility index (Phi) is 8.23. The number of carbonyl (C=O) groups is 2. The van der Waals surface area contributed by atoms with Gasteiger partial charge in [0.05, 0.1) is 38.0 Å². The first kappa shape index (κ1) is 26.3. The minimum Gasteiger partial charge on any atom is -0.493 e. The first-order chi connectivity index (χ1) is 17.8. The highest BCUT2D eigenvalue weighted by molar-refractivity contribution is 8.16. The van der Waals surface area contributed by atoms with Crippen molar-refractivity contribution in [3.63, 3.8) is 0 Å². The SMILES string of the molecule is COC(=O)C1=C(C)N=C2SC=C(CC(=O)NC(C)C)N2C1c1ccc(OCc2ccccc2)c(OC)c1. The summed E-state index contributed by atoms with van der Waals surface area (Å²) in [6.45, 7) is 6.02. The zero-order valence-electron chi connectivity index (χ0n) is 21.6. The number of aliphatic imine (C=N–C) groups is 1. The molecule has 1 amide bonds. The van der Waals surface area contributed by atoms with Crippen molar-refractivity contribution < 1.29 is 23.8 Å². The molecule has 8 nitrogen and oxygen atoms in total. The van der Waals surface area contributed by atoms with Crippen molar-refractivity contribution >= 4 is 28.8 Å². The van der Waals surface area contributed by atoms with Gasteiger partial charge in [-0.1, -0.05) is 48.2 Å². The van der Waals surface area contributed by atoms with Gasteiger partial charge in [0.2, 0.25) is 5.91 Å². The molecule has 1 unspecified atom stereocenters. The molecule has 0 bridgehead atoms. The average Bonchev–Trinajstić information content (AvgIpc) is 3.27. The molecule has 2 aromatic carbocycles. The van der Waals surface area contributed by atoms with E-state index in [1.807, 2.05) is 72.7 Å². The van der Waals surface area contributed by atoms with Gasteiger partial charge in [0.1, 0.15) is 6.61 Å². The number of hydrogen-bond donors (Lipinski definition) is 1. The van der Waals surface area contributed by atoms with E-state index in [0.717, 1.165) is 16.8 Å². The summed E-state index contributed by atoms with van der Waals surface area (Å²) in [7, 11) is 2.93. The van der Waals surface area contributed by atoms with Gasteiger partial charge in [-0.15, -0.1) is 0 Å². The Morgan fingerprint density at radius 2 is 1.86 bits per heavy atom. The molecule has 0 spiro atoms. The highest BCUT2D eigenvalue weighted by atomic mass is 32.2. The van der Waals surface area contributed by atoms with E-state index in [1.54, 1.807) is 14.0 Å². The van der Waals surface area contributed by atoms with Crippen LogP contribution in [0.1, 0.15) is 44.4 Å². The number of esters is 1. The van der Waals surface area contributed by atoms with Gasteiger partial charge in [-0.05, 0) is 49.4 Å². The largest absolute Gasteiger partial charge is 0.493 e. The Hall–Kier alpha value is -3.72. The summed E-state index contributed by atoms with van der Waals surface area (Å²) in [4.78, 5) is 32.2. The van der Waals surface area contributed by atoms with E-state index in [0.29, 0.717) is 34.5 Å². The summed E-state index contributed by atoms with van der Waals surface area (Å²) >= 11 is 1.43. The zero-order valence-corrected chi connectivity index (χ0v) is 22.4. The van der Waals surface area contributed by atoms with Crippen molar-refractivity contribution in [3.05, 3.63) is 82.0 Å². The van der Waals surface area contributed by atoms with E-state index >= 15 is 0 Å². The van der Waals surface area contributed by atoms with E-state index in [-0.39, 0.29) is 18.4 Å². The molecular formula is C28H31N3O5S. The molecule has 0 aliphatic carbocycles. The molecule has 0 radical (unpaired) electrons. The van der Waals surface area contributed by atoms with Gasteiger partial charge < -0.3 is 24.4 Å². The minimum atomic E-state index is -0.551.